The standard InChI is InChI=1S/C13H20N2O2S/c16-13(17)11-15-6-2-5-14(8-9-15)7-4-12-3-1-10-18-12/h1,3,10H,2,4-9,11H2,(H,16,17). The van der Waals surface area contributed by atoms with Crippen molar-refractivity contribution in [2.45, 2.75) is 12.8 Å². The van der Waals surface area contributed by atoms with Crippen molar-refractivity contribution >= 4 is 17.3 Å². The first-order valence-corrected chi connectivity index (χ1v) is 7.31. The second-order valence-electron chi connectivity index (χ2n) is 4.69. The summed E-state index contributed by atoms with van der Waals surface area (Å²) in [6.45, 7) is 5.11. The van der Waals surface area contributed by atoms with E-state index in [1.807, 2.05) is 16.2 Å². The molecule has 18 heavy (non-hydrogen) atoms. The van der Waals surface area contributed by atoms with E-state index in [1.54, 1.807) is 0 Å². The maximum absolute atomic E-state index is 10.7. The molecule has 0 aromatic carbocycles. The van der Waals surface area contributed by atoms with Crippen LogP contribution in [0.4, 0.5) is 0 Å². The molecule has 0 saturated carbocycles. The van der Waals surface area contributed by atoms with Gasteiger partial charge in [-0.05, 0) is 30.8 Å². The Morgan fingerprint density at radius 3 is 2.78 bits per heavy atom. The lowest BCUT2D eigenvalue weighted by Crippen LogP contribution is -2.34. The van der Waals surface area contributed by atoms with Crippen molar-refractivity contribution in [1.82, 2.24) is 9.80 Å². The molecule has 5 heteroatoms. The van der Waals surface area contributed by atoms with Crippen LogP contribution in [0, 0.1) is 0 Å². The number of carbonyl (C=O) groups is 1. The minimum atomic E-state index is -0.720. The highest BCUT2D eigenvalue weighted by Gasteiger charge is 2.16. The summed E-state index contributed by atoms with van der Waals surface area (Å²) in [5, 5.41) is 10.9. The van der Waals surface area contributed by atoms with Crippen molar-refractivity contribution in [3.8, 4) is 0 Å². The van der Waals surface area contributed by atoms with E-state index in [-0.39, 0.29) is 6.54 Å². The molecule has 0 aliphatic carbocycles. The zero-order valence-electron chi connectivity index (χ0n) is 10.5. The molecule has 1 aliphatic heterocycles. The average Bonchev–Trinajstić information content (AvgIpc) is 2.75. The third-order valence-corrected chi connectivity index (χ3v) is 4.23. The molecular weight excluding hydrogens is 248 g/mol. The zero-order valence-corrected chi connectivity index (χ0v) is 11.4. The molecule has 1 fully saturated rings. The SMILES string of the molecule is O=C(O)CN1CCCN(CCc2cccs2)CC1. The molecule has 0 radical (unpaired) electrons. The van der Waals surface area contributed by atoms with Crippen LogP contribution in [0.1, 0.15) is 11.3 Å². The van der Waals surface area contributed by atoms with Gasteiger partial charge >= 0.3 is 5.97 Å². The van der Waals surface area contributed by atoms with Gasteiger partial charge in [0, 0.05) is 31.1 Å². The van der Waals surface area contributed by atoms with Crippen LogP contribution < -0.4 is 0 Å². The maximum atomic E-state index is 10.7. The Hall–Kier alpha value is -0.910. The van der Waals surface area contributed by atoms with Crippen LogP contribution in [0.2, 0.25) is 0 Å². The van der Waals surface area contributed by atoms with Crippen LogP contribution in [0.15, 0.2) is 17.5 Å². The van der Waals surface area contributed by atoms with E-state index in [1.165, 1.54) is 4.88 Å². The summed E-state index contributed by atoms with van der Waals surface area (Å²) in [7, 11) is 0. The fraction of sp³-hybridized carbons (Fsp3) is 0.615. The van der Waals surface area contributed by atoms with Gasteiger partial charge in [0.05, 0.1) is 6.54 Å². The predicted molar refractivity (Wildman–Crippen MR) is 73.2 cm³/mol. The molecule has 1 saturated heterocycles. The first-order valence-electron chi connectivity index (χ1n) is 6.43. The van der Waals surface area contributed by atoms with Crippen LogP contribution >= 0.6 is 11.3 Å². The number of hydrogen-bond donors (Lipinski definition) is 1. The van der Waals surface area contributed by atoms with Gasteiger partial charge in [-0.1, -0.05) is 6.07 Å². The smallest absolute Gasteiger partial charge is 0.317 e. The largest absolute Gasteiger partial charge is 0.480 e. The lowest BCUT2D eigenvalue weighted by molar-refractivity contribution is -0.138. The Kier molecular flexibility index (Phi) is 5.16. The van der Waals surface area contributed by atoms with Gasteiger partial charge in [-0.15, -0.1) is 11.3 Å². The van der Waals surface area contributed by atoms with E-state index in [2.05, 4.69) is 22.4 Å². The van der Waals surface area contributed by atoms with Gasteiger partial charge in [0.1, 0.15) is 0 Å². The highest BCUT2D eigenvalue weighted by atomic mass is 32.1. The molecule has 1 aromatic heterocycles. The van der Waals surface area contributed by atoms with Crippen LogP contribution in [0.3, 0.4) is 0 Å². The van der Waals surface area contributed by atoms with Gasteiger partial charge in [-0.25, -0.2) is 0 Å². The van der Waals surface area contributed by atoms with Crippen molar-refractivity contribution in [3.63, 3.8) is 0 Å². The highest BCUT2D eigenvalue weighted by molar-refractivity contribution is 7.09. The minimum absolute atomic E-state index is 0.179. The number of carboxylic acids is 1. The molecule has 2 heterocycles. The molecule has 1 N–H and O–H groups in total. The molecule has 4 nitrogen and oxygen atoms in total. The topological polar surface area (TPSA) is 43.8 Å². The molecule has 0 unspecified atom stereocenters. The normalized spacial score (nSPS) is 18.7. The molecule has 0 atom stereocenters. The first kappa shape index (κ1) is 13.5. The van der Waals surface area contributed by atoms with Gasteiger partial charge in [0.25, 0.3) is 0 Å². The second kappa shape index (κ2) is 6.87. The van der Waals surface area contributed by atoms with E-state index in [9.17, 15) is 4.79 Å². The number of thiophene rings is 1. The van der Waals surface area contributed by atoms with Crippen LogP contribution in [0.5, 0.6) is 0 Å². The van der Waals surface area contributed by atoms with Crippen molar-refractivity contribution in [3.05, 3.63) is 22.4 Å². The third kappa shape index (κ3) is 4.40. The summed E-state index contributed by atoms with van der Waals surface area (Å²) in [6.07, 6.45) is 2.17. The number of nitrogens with zero attached hydrogens (tertiary/aromatic N) is 2. The Bertz CT molecular complexity index is 367. The summed E-state index contributed by atoms with van der Waals surface area (Å²) in [6, 6.07) is 4.27. The summed E-state index contributed by atoms with van der Waals surface area (Å²) < 4.78 is 0. The molecule has 100 valence electrons. The van der Waals surface area contributed by atoms with Gasteiger partial charge < -0.3 is 10.0 Å². The molecule has 0 amide bonds. The first-order chi connectivity index (χ1) is 8.74. The summed E-state index contributed by atoms with van der Waals surface area (Å²) >= 11 is 1.81. The lowest BCUT2D eigenvalue weighted by atomic mass is 10.3. The molecular formula is C13H20N2O2S. The molecule has 0 spiro atoms. The molecule has 1 aliphatic rings. The number of rotatable bonds is 5. The summed E-state index contributed by atoms with van der Waals surface area (Å²) in [4.78, 5) is 16.6. The molecule has 0 bridgehead atoms. The number of hydrogen-bond acceptors (Lipinski definition) is 4. The summed E-state index contributed by atoms with van der Waals surface area (Å²) in [5.74, 6) is -0.720. The molecule has 2 rings (SSSR count). The van der Waals surface area contributed by atoms with Crippen molar-refractivity contribution in [2.75, 3.05) is 39.3 Å². The van der Waals surface area contributed by atoms with Gasteiger partial charge in [0.15, 0.2) is 0 Å². The van der Waals surface area contributed by atoms with E-state index >= 15 is 0 Å². The number of aliphatic carboxylic acids is 1. The molecule has 1 aromatic rings. The van der Waals surface area contributed by atoms with Gasteiger partial charge in [-0.2, -0.15) is 0 Å². The summed E-state index contributed by atoms with van der Waals surface area (Å²) in [5.41, 5.74) is 0. The third-order valence-electron chi connectivity index (χ3n) is 3.29. The van der Waals surface area contributed by atoms with Crippen LogP contribution in [-0.4, -0.2) is 60.1 Å². The van der Waals surface area contributed by atoms with Crippen molar-refractivity contribution in [2.24, 2.45) is 0 Å². The monoisotopic (exact) mass is 268 g/mol. The lowest BCUT2D eigenvalue weighted by Gasteiger charge is -2.20. The van der Waals surface area contributed by atoms with E-state index in [0.29, 0.717) is 0 Å². The highest BCUT2D eigenvalue weighted by Crippen LogP contribution is 2.11. The van der Waals surface area contributed by atoms with Crippen LogP contribution in [0.25, 0.3) is 0 Å². The average molecular weight is 268 g/mol. The predicted octanol–water partition coefficient (Wildman–Crippen LogP) is 1.38. The quantitative estimate of drug-likeness (QED) is 0.876. The van der Waals surface area contributed by atoms with Crippen molar-refractivity contribution in [1.29, 1.82) is 0 Å². The van der Waals surface area contributed by atoms with Gasteiger partial charge in [-0.3, -0.25) is 9.69 Å². The minimum Gasteiger partial charge on any atom is -0.480 e. The van der Waals surface area contributed by atoms with E-state index in [0.717, 1.165) is 45.6 Å². The fourth-order valence-electron chi connectivity index (χ4n) is 2.32. The van der Waals surface area contributed by atoms with E-state index in [4.69, 9.17) is 5.11 Å². The maximum Gasteiger partial charge on any atom is 0.317 e. The number of carboxylic acid groups (broad SMARTS) is 1. The Morgan fingerprint density at radius 2 is 2.06 bits per heavy atom. The van der Waals surface area contributed by atoms with Crippen molar-refractivity contribution < 1.29 is 9.90 Å². The van der Waals surface area contributed by atoms with E-state index < -0.39 is 5.97 Å². The Morgan fingerprint density at radius 1 is 1.28 bits per heavy atom. The Labute approximate surface area is 112 Å². The Balaban J connectivity index is 1.73. The fourth-order valence-corrected chi connectivity index (χ4v) is 3.02. The second-order valence-corrected chi connectivity index (χ2v) is 5.73. The zero-order chi connectivity index (χ0) is 12.8. The van der Waals surface area contributed by atoms with Crippen LogP contribution in [-0.2, 0) is 11.2 Å². The van der Waals surface area contributed by atoms with Gasteiger partial charge in [0.2, 0.25) is 0 Å².